The van der Waals surface area contributed by atoms with Crippen molar-refractivity contribution in [1.82, 2.24) is 0 Å². The highest BCUT2D eigenvalue weighted by Gasteiger charge is 2.18. The van der Waals surface area contributed by atoms with E-state index in [1.165, 1.54) is 65.4 Å². The Balaban J connectivity index is 0.000000977. The normalized spacial score (nSPS) is 13.0. The number of anilines is 5. The van der Waals surface area contributed by atoms with Gasteiger partial charge in [-0.15, -0.1) is 8.58 Å². The predicted molar refractivity (Wildman–Crippen MR) is 356 cm³/mol. The van der Waals surface area contributed by atoms with Gasteiger partial charge in [0.2, 0.25) is 0 Å². The van der Waals surface area contributed by atoms with Crippen molar-refractivity contribution in [3.63, 3.8) is 0 Å². The van der Waals surface area contributed by atoms with Gasteiger partial charge in [0.1, 0.15) is 11.5 Å². The third-order valence-electron chi connectivity index (χ3n) is 13.6. The zero-order valence-corrected chi connectivity index (χ0v) is 49.8. The van der Waals surface area contributed by atoms with Crippen LogP contribution in [0.15, 0.2) is 225 Å². The average Bonchev–Trinajstić information content (AvgIpc) is 3.58. The van der Waals surface area contributed by atoms with Crippen molar-refractivity contribution in [3.8, 4) is 34.5 Å². The third-order valence-corrected chi connectivity index (χ3v) is 14.6. The largest absolute Gasteiger partial charge is 0.493 e. The minimum absolute atomic E-state index is 0.629. The van der Waals surface area contributed by atoms with Gasteiger partial charge in [0.15, 0.2) is 0 Å². The molecule has 9 rings (SSSR count). The smallest absolute Gasteiger partial charge is 0.126 e. The first-order valence-corrected chi connectivity index (χ1v) is 29.8. The molecule has 5 heteroatoms. The molecular formula is C76H79N2O2P. The molecule has 8 aromatic carbocycles. The van der Waals surface area contributed by atoms with Crippen molar-refractivity contribution in [1.29, 1.82) is 0 Å². The van der Waals surface area contributed by atoms with Crippen LogP contribution in [0, 0.1) is 39.5 Å². The molecule has 0 aromatic heterocycles. The number of allylic oxidation sites excluding steroid dienone is 6. The lowest BCUT2D eigenvalue weighted by molar-refractivity contribution is 0.339. The summed E-state index contributed by atoms with van der Waals surface area (Å²) in [7, 11) is 1.20. The number of ether oxygens (including phenoxy) is 2. The molecule has 0 fully saturated rings. The second-order valence-electron chi connectivity index (χ2n) is 19.6. The maximum absolute atomic E-state index is 5.86. The number of nitrogens with zero attached hydrogens (tertiary/aromatic N) is 2. The van der Waals surface area contributed by atoms with Crippen LogP contribution in [-0.4, -0.2) is 25.5 Å². The fraction of sp³-hybridized carbons (Fsp3) is 0.184. The van der Waals surface area contributed by atoms with Crippen LogP contribution >= 0.6 is 8.58 Å². The summed E-state index contributed by atoms with van der Waals surface area (Å²) in [5.41, 5.74) is 20.5. The van der Waals surface area contributed by atoms with Crippen molar-refractivity contribution in [2.75, 3.05) is 35.3 Å². The van der Waals surface area contributed by atoms with E-state index in [9.17, 15) is 0 Å². The Bertz CT molecular complexity index is 3510. The molecule has 0 radical (unpaired) electrons. The lowest BCUT2D eigenvalue weighted by Gasteiger charge is -2.27. The zero-order valence-electron chi connectivity index (χ0n) is 48.8. The highest BCUT2D eigenvalue weighted by molar-refractivity contribution is 7.37. The number of benzene rings is 8. The lowest BCUT2D eigenvalue weighted by Crippen LogP contribution is -2.17. The van der Waals surface area contributed by atoms with E-state index < -0.39 is 0 Å². The summed E-state index contributed by atoms with van der Waals surface area (Å²) in [6.07, 6.45) is 20.6. The molecule has 81 heavy (non-hydrogen) atoms. The van der Waals surface area contributed by atoms with Crippen LogP contribution in [-0.2, 0) is 0 Å². The van der Waals surface area contributed by atoms with Crippen LogP contribution in [0.25, 0.3) is 41.0 Å². The second kappa shape index (κ2) is 31.3. The summed E-state index contributed by atoms with van der Waals surface area (Å²) < 4.78 is 11.7. The topological polar surface area (TPSA) is 24.9 Å². The highest BCUT2D eigenvalue weighted by Crippen LogP contribution is 2.39. The van der Waals surface area contributed by atoms with Crippen LogP contribution in [0.4, 0.5) is 28.4 Å². The SMILES string of the molecule is C=CC=C.CCOc1ccccc1/C=C/c1ccc(N(/C2=C/C=C(/c3ccc(-c4ccc(N(c5ccc(/C=C/c6ccccc6OCC)cc5)c5ccc(C)cc5C)cc4)cc3)CCC#C2)c2ccc(C)cc2C)cc1.CCPCC. The van der Waals surface area contributed by atoms with Crippen LogP contribution in [0.1, 0.15) is 90.6 Å². The number of hydrogen-bond donors (Lipinski definition) is 0. The molecule has 410 valence electrons. The molecule has 8 aromatic rings. The van der Waals surface area contributed by atoms with Crippen LogP contribution in [0.2, 0.25) is 0 Å². The van der Waals surface area contributed by atoms with Gasteiger partial charge in [-0.2, -0.15) is 0 Å². The summed E-state index contributed by atoms with van der Waals surface area (Å²) in [5.74, 6) is 8.85. The quantitative estimate of drug-likeness (QED) is 0.0349. The molecular weight excluding hydrogens is 1000 g/mol. The van der Waals surface area contributed by atoms with Crippen molar-refractivity contribution >= 4 is 66.9 Å². The summed E-state index contributed by atoms with van der Waals surface area (Å²) in [6, 6.07) is 65.0. The molecule has 0 N–H and O–H groups in total. The van der Waals surface area contributed by atoms with Gasteiger partial charge in [-0.25, -0.2) is 0 Å². The molecule has 0 saturated heterocycles. The van der Waals surface area contributed by atoms with E-state index >= 15 is 0 Å². The Morgan fingerprint density at radius 3 is 1.36 bits per heavy atom. The molecule has 0 atom stereocenters. The molecule has 1 aliphatic carbocycles. The van der Waals surface area contributed by atoms with Crippen molar-refractivity contribution in [2.24, 2.45) is 0 Å². The molecule has 4 nitrogen and oxygen atoms in total. The van der Waals surface area contributed by atoms with Gasteiger partial charge < -0.3 is 19.3 Å². The Hall–Kier alpha value is -8.61. The number of rotatable bonds is 19. The van der Waals surface area contributed by atoms with Crippen molar-refractivity contribution in [2.45, 2.75) is 68.2 Å². The Morgan fingerprint density at radius 1 is 0.481 bits per heavy atom. The molecule has 0 bridgehead atoms. The Labute approximate surface area is 487 Å². The first-order valence-electron chi connectivity index (χ1n) is 28.4. The molecule has 0 amide bonds. The predicted octanol–water partition coefficient (Wildman–Crippen LogP) is 21.2. The highest BCUT2D eigenvalue weighted by atomic mass is 31.1. The monoisotopic (exact) mass is 1080 g/mol. The van der Waals surface area contributed by atoms with Gasteiger partial charge in [-0.05, 0) is 177 Å². The standard InChI is InChI=1S/C68H62N2O2.C4H11P.C4H6/c1-7-71-67-19-13-10-16-59(67)29-23-53-25-38-62(39-26-53)69(65-45-21-49(3)47-51(65)5)61-18-12-9-15-55(35-42-61)56-31-33-57(34-32-56)58-36-43-64(44-37-58)70(66-46-22-50(4)48-52(66)6)63-40-27-54(28-41-63)24-30-60-17-11-14-20-68(60)72-8-2;1-3-5-4-2;1-3-4-2/h10-11,13-14,16-17,19-48H,7-9,15H2,1-6H3;5H,3-4H2,1-2H3;3-4H,1-2H2/b29-23+,30-24+,55-35+,61-42+;;. The molecule has 0 heterocycles. The Kier molecular flexibility index (Phi) is 23.2. The first-order chi connectivity index (χ1) is 39.6. The second-order valence-corrected chi connectivity index (χ2v) is 21.6. The number of hydrogen-bond acceptors (Lipinski definition) is 4. The van der Waals surface area contributed by atoms with E-state index in [1.807, 2.05) is 50.2 Å². The molecule has 0 aliphatic heterocycles. The summed E-state index contributed by atoms with van der Waals surface area (Å²) in [4.78, 5) is 4.65. The van der Waals surface area contributed by atoms with Gasteiger partial charge in [0, 0.05) is 46.0 Å². The first kappa shape index (κ1) is 60.0. The van der Waals surface area contributed by atoms with Crippen LogP contribution < -0.4 is 19.3 Å². The minimum atomic E-state index is 0.629. The maximum Gasteiger partial charge on any atom is 0.126 e. The summed E-state index contributed by atoms with van der Waals surface area (Å²) in [5, 5.41) is 0. The van der Waals surface area contributed by atoms with Crippen molar-refractivity contribution < 1.29 is 9.47 Å². The summed E-state index contributed by atoms with van der Waals surface area (Å²) >= 11 is 0. The van der Waals surface area contributed by atoms with E-state index in [2.05, 4.69) is 258 Å². The van der Waals surface area contributed by atoms with E-state index in [0.29, 0.717) is 13.2 Å². The fourth-order valence-electron chi connectivity index (χ4n) is 9.55. The van der Waals surface area contributed by atoms with E-state index in [-0.39, 0.29) is 0 Å². The fourth-order valence-corrected chi connectivity index (χ4v) is 10.1. The lowest BCUT2D eigenvalue weighted by atomic mass is 9.96. The summed E-state index contributed by atoms with van der Waals surface area (Å²) in [6.45, 7) is 25.1. The van der Waals surface area contributed by atoms with E-state index in [1.54, 1.807) is 12.2 Å². The van der Waals surface area contributed by atoms with Gasteiger partial charge in [0.25, 0.3) is 0 Å². The van der Waals surface area contributed by atoms with Gasteiger partial charge in [-0.1, -0.05) is 208 Å². The minimum Gasteiger partial charge on any atom is -0.493 e. The molecule has 1 aliphatic rings. The number of aryl methyl sites for hydroxylation is 4. The van der Waals surface area contributed by atoms with E-state index in [4.69, 9.17) is 9.47 Å². The number of para-hydroxylation sites is 2. The third kappa shape index (κ3) is 17.0. The molecule has 0 unspecified atom stereocenters. The van der Waals surface area contributed by atoms with Crippen LogP contribution in [0.5, 0.6) is 11.5 Å². The molecule has 0 spiro atoms. The van der Waals surface area contributed by atoms with Crippen molar-refractivity contribution in [3.05, 3.63) is 275 Å². The van der Waals surface area contributed by atoms with Crippen LogP contribution in [0.3, 0.4) is 0 Å². The average molecular weight is 1080 g/mol. The van der Waals surface area contributed by atoms with Gasteiger partial charge in [-0.3, -0.25) is 0 Å². The molecule has 0 saturated carbocycles. The maximum atomic E-state index is 5.86. The van der Waals surface area contributed by atoms with Gasteiger partial charge in [0.05, 0.1) is 18.9 Å². The zero-order chi connectivity index (χ0) is 57.3. The Morgan fingerprint density at radius 2 is 0.914 bits per heavy atom. The van der Waals surface area contributed by atoms with E-state index in [0.717, 1.165) is 80.7 Å². The van der Waals surface area contributed by atoms with Gasteiger partial charge >= 0.3 is 0 Å².